The number of halogens is 2. The van der Waals surface area contributed by atoms with E-state index in [1.54, 1.807) is 6.20 Å². The van der Waals surface area contributed by atoms with Crippen molar-refractivity contribution in [1.29, 1.82) is 0 Å². The minimum Gasteiger partial charge on any atom is -0.198 e. The molecule has 0 saturated heterocycles. The van der Waals surface area contributed by atoms with Gasteiger partial charge in [-0.05, 0) is 18.1 Å². The van der Waals surface area contributed by atoms with Gasteiger partial charge in [-0.3, -0.25) is 0 Å². The summed E-state index contributed by atoms with van der Waals surface area (Å²) in [5.74, 6) is 0. The van der Waals surface area contributed by atoms with E-state index in [2.05, 4.69) is 77.6 Å². The zero-order valence-corrected chi connectivity index (χ0v) is 13.1. The first-order valence-corrected chi connectivity index (χ1v) is 7.47. The normalized spacial score (nSPS) is 22.3. The summed E-state index contributed by atoms with van der Waals surface area (Å²) < 4.78 is 2.17. The molecule has 2 aromatic rings. The maximum atomic E-state index is 4.30. The molecule has 96 valence electrons. The lowest BCUT2D eigenvalue weighted by Crippen LogP contribution is -2.27. The van der Waals surface area contributed by atoms with Crippen LogP contribution in [-0.2, 0) is 5.41 Å². The molecular formula is C14H11Br2N3. The van der Waals surface area contributed by atoms with Crippen LogP contribution in [0.5, 0.6) is 0 Å². The minimum absolute atomic E-state index is 0.273. The molecule has 0 saturated carbocycles. The van der Waals surface area contributed by atoms with Crippen LogP contribution in [-0.4, -0.2) is 15.4 Å². The van der Waals surface area contributed by atoms with Crippen molar-refractivity contribution in [1.82, 2.24) is 15.4 Å². The highest BCUT2D eigenvalue weighted by Gasteiger charge is 2.36. The molecule has 0 aliphatic heterocycles. The second kappa shape index (κ2) is 5.06. The fourth-order valence-electron chi connectivity index (χ4n) is 2.38. The topological polar surface area (TPSA) is 41.6 Å². The van der Waals surface area contributed by atoms with Gasteiger partial charge in [0.05, 0.1) is 17.3 Å². The van der Waals surface area contributed by atoms with Crippen LogP contribution in [0.25, 0.3) is 0 Å². The molecule has 1 N–H and O–H groups in total. The Labute approximate surface area is 128 Å². The Morgan fingerprint density at radius 1 is 1.21 bits per heavy atom. The third-order valence-electron chi connectivity index (χ3n) is 3.37. The summed E-state index contributed by atoms with van der Waals surface area (Å²) in [7, 11) is 0. The van der Waals surface area contributed by atoms with Crippen LogP contribution < -0.4 is 0 Å². The van der Waals surface area contributed by atoms with E-state index in [4.69, 9.17) is 0 Å². The lowest BCUT2D eigenvalue weighted by molar-refractivity contribution is 0.618. The second-order valence-electron chi connectivity index (χ2n) is 4.43. The van der Waals surface area contributed by atoms with Crippen molar-refractivity contribution in [3.05, 3.63) is 68.9 Å². The van der Waals surface area contributed by atoms with Crippen LogP contribution in [0.3, 0.4) is 0 Å². The number of hydrogen-bond acceptors (Lipinski definition) is 2. The van der Waals surface area contributed by atoms with Crippen molar-refractivity contribution in [2.24, 2.45) is 0 Å². The predicted octanol–water partition coefficient (Wildman–Crippen LogP) is 4.09. The zero-order chi connectivity index (χ0) is 13.3. The summed E-state index contributed by atoms with van der Waals surface area (Å²) in [5.41, 5.74) is 1.84. The molecule has 3 nitrogen and oxygen atoms in total. The summed E-state index contributed by atoms with van der Waals surface area (Å²) in [6.45, 7) is 0. The third-order valence-corrected chi connectivity index (χ3v) is 4.65. The minimum atomic E-state index is -0.273. The first-order chi connectivity index (χ1) is 9.22. The maximum Gasteiger partial charge on any atom is 0.0971 e. The van der Waals surface area contributed by atoms with Gasteiger partial charge in [0, 0.05) is 8.96 Å². The van der Waals surface area contributed by atoms with E-state index in [0.29, 0.717) is 0 Å². The monoisotopic (exact) mass is 379 g/mol. The number of rotatable bonds is 2. The molecule has 0 amide bonds. The van der Waals surface area contributed by atoms with Gasteiger partial charge in [-0.15, -0.1) is 0 Å². The van der Waals surface area contributed by atoms with Gasteiger partial charge in [0.15, 0.2) is 0 Å². The van der Waals surface area contributed by atoms with Crippen LogP contribution in [0.1, 0.15) is 17.7 Å². The number of H-pyrrole nitrogens is 1. The van der Waals surface area contributed by atoms with Crippen molar-refractivity contribution < 1.29 is 0 Å². The molecule has 1 atom stereocenters. The molecule has 1 aromatic heterocycles. The summed E-state index contributed by atoms with van der Waals surface area (Å²) in [6, 6.07) is 8.24. The number of nitrogens with zero attached hydrogens (tertiary/aromatic N) is 2. The van der Waals surface area contributed by atoms with Crippen LogP contribution in [0.15, 0.2) is 57.6 Å². The number of nitrogens with one attached hydrogen (secondary N) is 1. The summed E-state index contributed by atoms with van der Waals surface area (Å²) in [6.07, 6.45) is 9.04. The Hall–Kier alpha value is -1.20. The highest BCUT2D eigenvalue weighted by molar-refractivity contribution is 9.12. The molecule has 19 heavy (non-hydrogen) atoms. The molecule has 5 heteroatoms. The fraction of sp³-hybridized carbons (Fsp3) is 0.143. The Morgan fingerprint density at radius 2 is 2.05 bits per heavy atom. The molecule has 3 rings (SSSR count). The maximum absolute atomic E-state index is 4.30. The van der Waals surface area contributed by atoms with E-state index in [-0.39, 0.29) is 5.41 Å². The van der Waals surface area contributed by atoms with Gasteiger partial charge in [-0.1, -0.05) is 68.3 Å². The van der Waals surface area contributed by atoms with Gasteiger partial charge in [0.1, 0.15) is 0 Å². The van der Waals surface area contributed by atoms with Crippen molar-refractivity contribution in [2.75, 3.05) is 0 Å². The average Bonchev–Trinajstić information content (AvgIpc) is 2.95. The Kier molecular flexibility index (Phi) is 3.41. The van der Waals surface area contributed by atoms with Gasteiger partial charge in [-0.25, -0.2) is 0 Å². The second-order valence-corrected chi connectivity index (χ2v) is 6.20. The molecule has 0 fully saturated rings. The van der Waals surface area contributed by atoms with Crippen LogP contribution >= 0.6 is 31.9 Å². The number of aromatic amines is 1. The number of hydrogen-bond donors (Lipinski definition) is 1. The standard InChI is InChI=1S/C14H11Br2N3/c15-10-5-7-14(8-6-10,13-9-17-19-18-13)11-3-1-2-4-12(11)16/h1-7,9H,8H2,(H,17,18,19). The van der Waals surface area contributed by atoms with Crippen LogP contribution in [0.2, 0.25) is 0 Å². The van der Waals surface area contributed by atoms with Gasteiger partial charge in [0.2, 0.25) is 0 Å². The quantitative estimate of drug-likeness (QED) is 0.852. The molecule has 1 unspecified atom stereocenters. The first-order valence-electron chi connectivity index (χ1n) is 5.88. The van der Waals surface area contributed by atoms with E-state index in [0.717, 1.165) is 21.1 Å². The smallest absolute Gasteiger partial charge is 0.0971 e. The van der Waals surface area contributed by atoms with Crippen molar-refractivity contribution in [2.45, 2.75) is 11.8 Å². The Morgan fingerprint density at radius 3 is 2.68 bits per heavy atom. The van der Waals surface area contributed by atoms with Gasteiger partial charge in [-0.2, -0.15) is 15.4 Å². The molecule has 1 heterocycles. The average molecular weight is 381 g/mol. The number of aromatic nitrogens is 3. The highest BCUT2D eigenvalue weighted by atomic mass is 79.9. The summed E-state index contributed by atoms with van der Waals surface area (Å²) in [4.78, 5) is 0. The van der Waals surface area contributed by atoms with Crippen molar-refractivity contribution >= 4 is 31.9 Å². The van der Waals surface area contributed by atoms with Gasteiger partial charge >= 0.3 is 0 Å². The van der Waals surface area contributed by atoms with Gasteiger partial charge < -0.3 is 0 Å². The number of benzene rings is 1. The summed E-state index contributed by atoms with van der Waals surface area (Å²) >= 11 is 7.16. The number of allylic oxidation sites excluding steroid dienone is 4. The molecule has 1 aromatic carbocycles. The summed E-state index contributed by atoms with van der Waals surface area (Å²) in [5, 5.41) is 11.0. The molecule has 1 aliphatic carbocycles. The largest absolute Gasteiger partial charge is 0.198 e. The van der Waals surface area contributed by atoms with E-state index in [9.17, 15) is 0 Å². The molecular weight excluding hydrogens is 370 g/mol. The van der Waals surface area contributed by atoms with Crippen LogP contribution in [0, 0.1) is 0 Å². The first kappa shape index (κ1) is 12.8. The molecule has 0 bridgehead atoms. The zero-order valence-electron chi connectivity index (χ0n) is 9.98. The van der Waals surface area contributed by atoms with Crippen molar-refractivity contribution in [3.8, 4) is 0 Å². The Bertz CT molecular complexity index is 646. The van der Waals surface area contributed by atoms with E-state index in [1.165, 1.54) is 5.56 Å². The third kappa shape index (κ3) is 2.21. The van der Waals surface area contributed by atoms with Gasteiger partial charge in [0.25, 0.3) is 0 Å². The fourth-order valence-corrected chi connectivity index (χ4v) is 3.32. The van der Waals surface area contributed by atoms with E-state index in [1.807, 2.05) is 12.1 Å². The van der Waals surface area contributed by atoms with E-state index < -0.39 is 0 Å². The Balaban J connectivity index is 2.19. The lowest BCUT2D eigenvalue weighted by Gasteiger charge is -2.31. The predicted molar refractivity (Wildman–Crippen MR) is 82.1 cm³/mol. The molecule has 0 radical (unpaired) electrons. The lowest BCUT2D eigenvalue weighted by atomic mass is 9.73. The SMILES string of the molecule is BrC1=CCC(c2cn[nH]n2)(c2ccccc2Br)C=C1. The van der Waals surface area contributed by atoms with Crippen molar-refractivity contribution in [3.63, 3.8) is 0 Å². The molecule has 0 spiro atoms. The highest BCUT2D eigenvalue weighted by Crippen LogP contribution is 2.42. The van der Waals surface area contributed by atoms with Crippen LogP contribution in [0.4, 0.5) is 0 Å². The van der Waals surface area contributed by atoms with E-state index >= 15 is 0 Å². The molecule has 1 aliphatic rings.